The Balaban J connectivity index is 1.55. The molecule has 0 unspecified atom stereocenters. The van der Waals surface area contributed by atoms with Gasteiger partial charge in [0.25, 0.3) is 0 Å². The minimum atomic E-state index is -0.849. The van der Waals surface area contributed by atoms with E-state index in [2.05, 4.69) is 27.4 Å². The summed E-state index contributed by atoms with van der Waals surface area (Å²) in [6.07, 6.45) is 5.70. The fraction of sp³-hybridized carbons (Fsp3) is 0.455. The molecule has 0 spiro atoms. The van der Waals surface area contributed by atoms with Crippen LogP contribution >= 0.6 is 0 Å². The van der Waals surface area contributed by atoms with E-state index in [0.717, 1.165) is 29.8 Å². The molecule has 1 aliphatic heterocycles. The minimum absolute atomic E-state index is 0.0453. The van der Waals surface area contributed by atoms with Crippen LogP contribution in [0.3, 0.4) is 0 Å². The molecular formula is C33H40N4O3. The Morgan fingerprint density at radius 3 is 2.23 bits per heavy atom. The third-order valence-corrected chi connectivity index (χ3v) is 7.99. The van der Waals surface area contributed by atoms with Crippen molar-refractivity contribution in [1.82, 2.24) is 20.2 Å². The Labute approximate surface area is 236 Å². The number of amides is 2. The first-order valence-electron chi connectivity index (χ1n) is 14.3. The zero-order chi connectivity index (χ0) is 28.6. The Morgan fingerprint density at radius 1 is 1.02 bits per heavy atom. The number of imidazole rings is 1. The highest BCUT2D eigenvalue weighted by Gasteiger charge is 2.49. The number of ketones is 1. The van der Waals surface area contributed by atoms with E-state index in [1.54, 1.807) is 17.3 Å². The number of benzene rings is 2. The molecule has 0 radical (unpaired) electrons. The normalized spacial score (nSPS) is 20.5. The van der Waals surface area contributed by atoms with Gasteiger partial charge in [-0.25, -0.2) is 4.98 Å². The number of piperazine rings is 1. The third kappa shape index (κ3) is 5.74. The van der Waals surface area contributed by atoms with Gasteiger partial charge in [-0.1, -0.05) is 83.1 Å². The van der Waals surface area contributed by atoms with Crippen molar-refractivity contribution in [3.63, 3.8) is 0 Å². The van der Waals surface area contributed by atoms with Gasteiger partial charge in [-0.2, -0.15) is 0 Å². The molecule has 40 heavy (non-hydrogen) atoms. The second-order valence-electron chi connectivity index (χ2n) is 13.0. The zero-order valence-corrected chi connectivity index (χ0v) is 24.1. The van der Waals surface area contributed by atoms with Gasteiger partial charge < -0.3 is 15.2 Å². The first-order chi connectivity index (χ1) is 19.0. The third-order valence-electron chi connectivity index (χ3n) is 7.99. The summed E-state index contributed by atoms with van der Waals surface area (Å²) in [5, 5.41) is 3.10. The fourth-order valence-electron chi connectivity index (χ4n) is 6.24. The van der Waals surface area contributed by atoms with Crippen LogP contribution in [0.25, 0.3) is 11.4 Å². The molecule has 0 bridgehead atoms. The molecule has 2 aromatic carbocycles. The van der Waals surface area contributed by atoms with E-state index in [1.807, 2.05) is 71.0 Å². The molecular weight excluding hydrogens is 500 g/mol. The van der Waals surface area contributed by atoms with Gasteiger partial charge >= 0.3 is 0 Å². The average Bonchev–Trinajstić information content (AvgIpc) is 3.57. The molecule has 7 heteroatoms. The SMILES string of the molecule is CC(C)C[C@@H]1C(=O)N[C@H](C2Cc3ccccc3C2)C(=O)N1[C@@H](C(=O)CC(C)(C)C)c1ccc(-c2ncc[nH]2)cc1. The van der Waals surface area contributed by atoms with Gasteiger partial charge in [-0.05, 0) is 53.2 Å². The summed E-state index contributed by atoms with van der Waals surface area (Å²) in [5.41, 5.74) is 3.78. The Kier molecular flexibility index (Phi) is 7.67. The summed E-state index contributed by atoms with van der Waals surface area (Å²) in [6.45, 7) is 10.2. The fourth-order valence-corrected chi connectivity index (χ4v) is 6.24. The Bertz CT molecular complexity index is 1350. The molecule has 1 aromatic heterocycles. The smallest absolute Gasteiger partial charge is 0.247 e. The number of carbonyl (C=O) groups is 3. The molecule has 3 atom stereocenters. The lowest BCUT2D eigenvalue weighted by Crippen LogP contribution is -2.66. The molecule has 2 aliphatic rings. The van der Waals surface area contributed by atoms with E-state index >= 15 is 0 Å². The molecule has 1 aliphatic carbocycles. The van der Waals surface area contributed by atoms with Crippen LogP contribution in [0.5, 0.6) is 0 Å². The first-order valence-corrected chi connectivity index (χ1v) is 14.3. The van der Waals surface area contributed by atoms with Crippen molar-refractivity contribution in [1.29, 1.82) is 0 Å². The monoisotopic (exact) mass is 540 g/mol. The predicted octanol–water partition coefficient (Wildman–Crippen LogP) is 5.28. The highest BCUT2D eigenvalue weighted by molar-refractivity contribution is 6.00. The van der Waals surface area contributed by atoms with E-state index in [-0.39, 0.29) is 41.3 Å². The molecule has 1 fully saturated rings. The minimum Gasteiger partial charge on any atom is -0.345 e. The van der Waals surface area contributed by atoms with Crippen molar-refractivity contribution in [2.75, 3.05) is 0 Å². The summed E-state index contributed by atoms with van der Waals surface area (Å²) in [6, 6.07) is 13.6. The number of H-pyrrole nitrogens is 1. The summed E-state index contributed by atoms with van der Waals surface area (Å²) in [4.78, 5) is 51.4. The molecule has 210 valence electrons. The average molecular weight is 541 g/mol. The Hall–Kier alpha value is -3.74. The van der Waals surface area contributed by atoms with Crippen LogP contribution in [0.4, 0.5) is 0 Å². The van der Waals surface area contributed by atoms with Crippen LogP contribution in [0.15, 0.2) is 60.9 Å². The maximum atomic E-state index is 14.5. The maximum Gasteiger partial charge on any atom is 0.247 e. The molecule has 7 nitrogen and oxygen atoms in total. The van der Waals surface area contributed by atoms with Crippen molar-refractivity contribution in [2.45, 2.75) is 78.4 Å². The van der Waals surface area contributed by atoms with Crippen LogP contribution in [0.2, 0.25) is 0 Å². The van der Waals surface area contributed by atoms with Crippen LogP contribution in [0.1, 0.15) is 70.2 Å². The largest absolute Gasteiger partial charge is 0.345 e. The highest BCUT2D eigenvalue weighted by atomic mass is 16.2. The molecule has 2 heterocycles. The van der Waals surface area contributed by atoms with Crippen molar-refractivity contribution < 1.29 is 14.4 Å². The van der Waals surface area contributed by atoms with E-state index in [1.165, 1.54) is 11.1 Å². The molecule has 3 aromatic rings. The quantitative estimate of drug-likeness (QED) is 0.406. The number of nitrogens with one attached hydrogen (secondary N) is 2. The van der Waals surface area contributed by atoms with Crippen LogP contribution < -0.4 is 5.32 Å². The number of hydrogen-bond acceptors (Lipinski definition) is 4. The maximum absolute atomic E-state index is 14.5. The van der Waals surface area contributed by atoms with Gasteiger partial charge in [-0.3, -0.25) is 14.4 Å². The lowest BCUT2D eigenvalue weighted by atomic mass is 9.83. The van der Waals surface area contributed by atoms with Crippen LogP contribution in [-0.2, 0) is 27.2 Å². The second-order valence-corrected chi connectivity index (χ2v) is 13.0. The second kappa shape index (κ2) is 11.0. The van der Waals surface area contributed by atoms with Gasteiger partial charge in [0.2, 0.25) is 11.8 Å². The molecule has 5 rings (SSSR count). The number of rotatable bonds is 8. The number of nitrogens with zero attached hydrogens (tertiary/aromatic N) is 2. The number of carbonyl (C=O) groups excluding carboxylic acids is 3. The summed E-state index contributed by atoms with van der Waals surface area (Å²) < 4.78 is 0. The summed E-state index contributed by atoms with van der Waals surface area (Å²) >= 11 is 0. The van der Waals surface area contributed by atoms with E-state index < -0.39 is 18.1 Å². The topological polar surface area (TPSA) is 95.2 Å². The number of Topliss-reactive ketones (excluding diaryl/α,β-unsaturated/α-hetero) is 1. The van der Waals surface area contributed by atoms with Crippen molar-refractivity contribution in [3.05, 3.63) is 77.6 Å². The molecule has 1 saturated heterocycles. The lowest BCUT2D eigenvalue weighted by Gasteiger charge is -2.45. The van der Waals surface area contributed by atoms with Gasteiger partial charge in [0.15, 0.2) is 5.78 Å². The lowest BCUT2D eigenvalue weighted by molar-refractivity contribution is -0.157. The van der Waals surface area contributed by atoms with Gasteiger partial charge in [-0.15, -0.1) is 0 Å². The van der Waals surface area contributed by atoms with Crippen molar-refractivity contribution in [3.8, 4) is 11.4 Å². The van der Waals surface area contributed by atoms with E-state index in [9.17, 15) is 14.4 Å². The molecule has 0 saturated carbocycles. The number of hydrogen-bond donors (Lipinski definition) is 2. The zero-order valence-electron chi connectivity index (χ0n) is 24.1. The van der Waals surface area contributed by atoms with Gasteiger partial charge in [0.05, 0.1) is 0 Å². The van der Waals surface area contributed by atoms with E-state index in [4.69, 9.17) is 0 Å². The standard InChI is InChI=1S/C33H40N4O3/c1-20(2)16-26-31(39)36-28(25-17-23-8-6-7-9-24(23)18-25)32(40)37(26)29(27(38)19-33(3,4)5)21-10-12-22(13-11-21)30-34-14-15-35-30/h6-15,20,25-26,28-29H,16-19H2,1-5H3,(H,34,35)(H,36,39)/t26-,28-,29-/m1/s1. The number of aromatic amines is 1. The summed E-state index contributed by atoms with van der Waals surface area (Å²) in [5.74, 6) is 0.467. The van der Waals surface area contributed by atoms with Gasteiger partial charge in [0.1, 0.15) is 23.9 Å². The van der Waals surface area contributed by atoms with E-state index in [0.29, 0.717) is 6.42 Å². The number of fused-ring (bicyclic) bond motifs is 1. The summed E-state index contributed by atoms with van der Waals surface area (Å²) in [7, 11) is 0. The number of aromatic nitrogens is 2. The first kappa shape index (κ1) is 27.8. The Morgan fingerprint density at radius 2 is 1.68 bits per heavy atom. The van der Waals surface area contributed by atoms with Crippen molar-refractivity contribution >= 4 is 17.6 Å². The predicted molar refractivity (Wildman–Crippen MR) is 155 cm³/mol. The van der Waals surface area contributed by atoms with Gasteiger partial charge in [0, 0.05) is 24.4 Å². The van der Waals surface area contributed by atoms with Crippen LogP contribution in [0, 0.1) is 17.3 Å². The molecule has 2 amide bonds. The molecule has 2 N–H and O–H groups in total. The highest BCUT2D eigenvalue weighted by Crippen LogP contribution is 2.37. The van der Waals surface area contributed by atoms with Crippen LogP contribution in [-0.4, -0.2) is 44.5 Å². The van der Waals surface area contributed by atoms with Crippen molar-refractivity contribution in [2.24, 2.45) is 17.3 Å².